The van der Waals surface area contributed by atoms with Crippen molar-refractivity contribution < 1.29 is 9.53 Å². The van der Waals surface area contributed by atoms with Gasteiger partial charge in [-0.05, 0) is 25.3 Å². The molecule has 0 aliphatic carbocycles. The summed E-state index contributed by atoms with van der Waals surface area (Å²) in [5.41, 5.74) is 2.54. The Hall–Kier alpha value is -1.39. The molecule has 1 fully saturated rings. The molecule has 1 aromatic rings. The molecule has 4 nitrogen and oxygen atoms in total. The molecule has 1 atom stereocenters. The predicted octanol–water partition coefficient (Wildman–Crippen LogP) is 1.76. The van der Waals surface area contributed by atoms with Gasteiger partial charge in [-0.2, -0.15) is 0 Å². The van der Waals surface area contributed by atoms with Crippen molar-refractivity contribution in [3.05, 3.63) is 35.4 Å². The molecule has 1 aliphatic rings. The number of amides is 1. The molecule has 116 valence electrons. The summed E-state index contributed by atoms with van der Waals surface area (Å²) in [6, 6.07) is 8.74. The zero-order chi connectivity index (χ0) is 15.1. The third-order valence-electron chi connectivity index (χ3n) is 3.93. The van der Waals surface area contributed by atoms with E-state index in [2.05, 4.69) is 48.3 Å². The lowest BCUT2D eigenvalue weighted by Crippen LogP contribution is -2.46. The number of hydrogen-bond donors (Lipinski definition) is 1. The van der Waals surface area contributed by atoms with E-state index in [4.69, 9.17) is 4.74 Å². The molecule has 1 N–H and O–H groups in total. The zero-order valence-electron chi connectivity index (χ0n) is 13.1. The number of nitrogens with one attached hydrogen (secondary N) is 1. The first kappa shape index (κ1) is 16.0. The fourth-order valence-corrected chi connectivity index (χ4v) is 2.54. The van der Waals surface area contributed by atoms with E-state index in [0.717, 1.165) is 39.1 Å². The van der Waals surface area contributed by atoms with Crippen molar-refractivity contribution in [1.29, 1.82) is 0 Å². The highest BCUT2D eigenvalue weighted by Crippen LogP contribution is 2.08. The predicted molar refractivity (Wildman–Crippen MR) is 84.4 cm³/mol. The van der Waals surface area contributed by atoms with Crippen LogP contribution < -0.4 is 5.32 Å². The molecule has 1 aliphatic heterocycles. The molecule has 4 heteroatoms. The van der Waals surface area contributed by atoms with E-state index in [1.165, 1.54) is 11.1 Å². The average Bonchev–Trinajstić information content (AvgIpc) is 2.49. The van der Waals surface area contributed by atoms with Gasteiger partial charge in [-0.3, -0.25) is 9.69 Å². The van der Waals surface area contributed by atoms with Crippen LogP contribution in [0.3, 0.4) is 0 Å². The van der Waals surface area contributed by atoms with Crippen LogP contribution in [-0.4, -0.2) is 49.7 Å². The summed E-state index contributed by atoms with van der Waals surface area (Å²) in [6.07, 6.45) is 1.84. The van der Waals surface area contributed by atoms with Crippen LogP contribution in [-0.2, 0) is 16.0 Å². The molecule has 0 aromatic heterocycles. The Bertz CT molecular complexity index is 439. The molecule has 1 aromatic carbocycles. The smallest absolute Gasteiger partial charge is 0.234 e. The summed E-state index contributed by atoms with van der Waals surface area (Å²) in [7, 11) is 0. The van der Waals surface area contributed by atoms with Gasteiger partial charge < -0.3 is 10.1 Å². The molecule has 1 amide bonds. The number of hydrogen-bond acceptors (Lipinski definition) is 3. The van der Waals surface area contributed by atoms with E-state index < -0.39 is 0 Å². The van der Waals surface area contributed by atoms with E-state index in [1.54, 1.807) is 0 Å². The topological polar surface area (TPSA) is 41.6 Å². The molecule has 0 bridgehead atoms. The van der Waals surface area contributed by atoms with Crippen molar-refractivity contribution in [2.24, 2.45) is 0 Å². The Kier molecular flexibility index (Phi) is 6.21. The monoisotopic (exact) mass is 290 g/mol. The first-order valence-electron chi connectivity index (χ1n) is 7.82. The van der Waals surface area contributed by atoms with Crippen molar-refractivity contribution in [2.45, 2.75) is 32.7 Å². The second-order valence-corrected chi connectivity index (χ2v) is 5.75. The van der Waals surface area contributed by atoms with E-state index in [-0.39, 0.29) is 11.9 Å². The standard InChI is InChI=1S/C17H26N2O2/c1-3-16(12-15-6-4-14(2)5-7-15)18-17(20)13-19-8-10-21-11-9-19/h4-7,16H,3,8-13H2,1-2H3,(H,18,20)/t16-/m1/s1. The van der Waals surface area contributed by atoms with Crippen LogP contribution in [0.4, 0.5) is 0 Å². The van der Waals surface area contributed by atoms with Gasteiger partial charge in [0.05, 0.1) is 19.8 Å². The van der Waals surface area contributed by atoms with Gasteiger partial charge in [0.1, 0.15) is 0 Å². The Balaban J connectivity index is 1.80. The fourth-order valence-electron chi connectivity index (χ4n) is 2.54. The average molecular weight is 290 g/mol. The molecule has 0 unspecified atom stereocenters. The summed E-state index contributed by atoms with van der Waals surface area (Å²) in [5.74, 6) is 0.121. The van der Waals surface area contributed by atoms with Gasteiger partial charge in [0, 0.05) is 19.1 Å². The maximum atomic E-state index is 12.1. The fraction of sp³-hybridized carbons (Fsp3) is 0.588. The van der Waals surface area contributed by atoms with Crippen molar-refractivity contribution >= 4 is 5.91 Å². The second kappa shape index (κ2) is 8.15. The maximum absolute atomic E-state index is 12.1. The number of morpholine rings is 1. The molecule has 1 heterocycles. The number of rotatable bonds is 6. The lowest BCUT2D eigenvalue weighted by molar-refractivity contribution is -0.124. The summed E-state index contributed by atoms with van der Waals surface area (Å²) in [6.45, 7) is 7.85. The number of aryl methyl sites for hydroxylation is 1. The summed E-state index contributed by atoms with van der Waals surface area (Å²) in [4.78, 5) is 14.3. The van der Waals surface area contributed by atoms with Crippen molar-refractivity contribution in [3.63, 3.8) is 0 Å². The highest BCUT2D eigenvalue weighted by molar-refractivity contribution is 5.78. The van der Waals surface area contributed by atoms with E-state index >= 15 is 0 Å². The minimum Gasteiger partial charge on any atom is -0.379 e. The van der Waals surface area contributed by atoms with Crippen molar-refractivity contribution in [1.82, 2.24) is 10.2 Å². The van der Waals surface area contributed by atoms with E-state index in [1.807, 2.05) is 0 Å². The summed E-state index contributed by atoms with van der Waals surface area (Å²) >= 11 is 0. The molecule has 0 spiro atoms. The quantitative estimate of drug-likeness (QED) is 0.868. The second-order valence-electron chi connectivity index (χ2n) is 5.75. The van der Waals surface area contributed by atoms with Gasteiger partial charge in [0.15, 0.2) is 0 Å². The summed E-state index contributed by atoms with van der Waals surface area (Å²) in [5, 5.41) is 3.16. The van der Waals surface area contributed by atoms with E-state index in [9.17, 15) is 4.79 Å². The molecule has 2 rings (SSSR count). The lowest BCUT2D eigenvalue weighted by atomic mass is 10.0. The minimum absolute atomic E-state index is 0.121. The van der Waals surface area contributed by atoms with Gasteiger partial charge in [-0.25, -0.2) is 0 Å². The first-order chi connectivity index (χ1) is 10.2. The number of carbonyl (C=O) groups is 1. The van der Waals surface area contributed by atoms with Crippen LogP contribution in [0.5, 0.6) is 0 Å². The van der Waals surface area contributed by atoms with Gasteiger partial charge in [-0.1, -0.05) is 36.8 Å². The van der Waals surface area contributed by atoms with E-state index in [0.29, 0.717) is 6.54 Å². The molecule has 1 saturated heterocycles. The molecular formula is C17H26N2O2. The molecule has 0 saturated carbocycles. The van der Waals surface area contributed by atoms with Crippen LogP contribution in [0.1, 0.15) is 24.5 Å². The Morgan fingerprint density at radius 2 is 1.95 bits per heavy atom. The minimum atomic E-state index is 0.121. The number of ether oxygens (including phenoxy) is 1. The van der Waals surface area contributed by atoms with Crippen LogP contribution in [0, 0.1) is 6.92 Å². The number of nitrogens with zero attached hydrogens (tertiary/aromatic N) is 1. The van der Waals surface area contributed by atoms with Crippen molar-refractivity contribution in [2.75, 3.05) is 32.8 Å². The van der Waals surface area contributed by atoms with Crippen molar-refractivity contribution in [3.8, 4) is 0 Å². The van der Waals surface area contributed by atoms with Crippen LogP contribution >= 0.6 is 0 Å². The number of carbonyl (C=O) groups excluding carboxylic acids is 1. The SMILES string of the molecule is CC[C@H](Cc1ccc(C)cc1)NC(=O)CN1CCOCC1. The Morgan fingerprint density at radius 3 is 2.57 bits per heavy atom. The Labute approximate surface area is 127 Å². The van der Waals surface area contributed by atoms with Crippen LogP contribution in [0.25, 0.3) is 0 Å². The molecular weight excluding hydrogens is 264 g/mol. The lowest BCUT2D eigenvalue weighted by Gasteiger charge is -2.27. The molecule has 21 heavy (non-hydrogen) atoms. The zero-order valence-corrected chi connectivity index (χ0v) is 13.1. The van der Waals surface area contributed by atoms with Crippen LogP contribution in [0.2, 0.25) is 0 Å². The maximum Gasteiger partial charge on any atom is 0.234 e. The first-order valence-corrected chi connectivity index (χ1v) is 7.82. The third kappa shape index (κ3) is 5.48. The van der Waals surface area contributed by atoms with Gasteiger partial charge in [0.25, 0.3) is 0 Å². The normalized spacial score (nSPS) is 17.4. The largest absolute Gasteiger partial charge is 0.379 e. The van der Waals surface area contributed by atoms with Crippen LogP contribution in [0.15, 0.2) is 24.3 Å². The van der Waals surface area contributed by atoms with Gasteiger partial charge in [0.2, 0.25) is 5.91 Å². The highest BCUT2D eigenvalue weighted by atomic mass is 16.5. The van der Waals surface area contributed by atoms with Gasteiger partial charge >= 0.3 is 0 Å². The Morgan fingerprint density at radius 1 is 1.29 bits per heavy atom. The van der Waals surface area contributed by atoms with Gasteiger partial charge in [-0.15, -0.1) is 0 Å². The number of benzene rings is 1. The third-order valence-corrected chi connectivity index (χ3v) is 3.93. The highest BCUT2D eigenvalue weighted by Gasteiger charge is 2.16. The summed E-state index contributed by atoms with van der Waals surface area (Å²) < 4.78 is 5.30. The molecule has 0 radical (unpaired) electrons.